The summed E-state index contributed by atoms with van der Waals surface area (Å²) >= 11 is 1.49. The predicted octanol–water partition coefficient (Wildman–Crippen LogP) is 3.49. The lowest BCUT2D eigenvalue weighted by atomic mass is 10.0. The largest absolute Gasteiger partial charge is 0.451 e. The van der Waals surface area contributed by atoms with Crippen molar-refractivity contribution in [1.29, 1.82) is 0 Å². The van der Waals surface area contributed by atoms with Gasteiger partial charge >= 0.3 is 0 Å². The lowest BCUT2D eigenvalue weighted by Crippen LogP contribution is -2.47. The Balaban J connectivity index is 1.39. The highest BCUT2D eigenvalue weighted by Gasteiger charge is 2.41. The zero-order valence-corrected chi connectivity index (χ0v) is 16.7. The summed E-state index contributed by atoms with van der Waals surface area (Å²) in [4.78, 5) is 23.7. The van der Waals surface area contributed by atoms with Crippen LogP contribution < -0.4 is 0 Å². The molecular weight excluding hydrogens is 390 g/mol. The summed E-state index contributed by atoms with van der Waals surface area (Å²) in [6.07, 6.45) is 4.79. The molecule has 1 spiro atoms. The van der Waals surface area contributed by atoms with Crippen molar-refractivity contribution in [3.63, 3.8) is 0 Å². The summed E-state index contributed by atoms with van der Waals surface area (Å²) in [7, 11) is 0. The van der Waals surface area contributed by atoms with Crippen molar-refractivity contribution in [2.24, 2.45) is 0 Å². The van der Waals surface area contributed by atoms with E-state index in [1.54, 1.807) is 18.5 Å². The van der Waals surface area contributed by atoms with E-state index in [-0.39, 0.29) is 5.91 Å². The van der Waals surface area contributed by atoms with Gasteiger partial charge in [-0.2, -0.15) is 0 Å². The van der Waals surface area contributed by atoms with Crippen molar-refractivity contribution in [2.75, 3.05) is 26.3 Å². The Hall–Kier alpha value is -2.42. The first kappa shape index (κ1) is 18.6. The minimum absolute atomic E-state index is 0.0846. The highest BCUT2D eigenvalue weighted by molar-refractivity contribution is 7.98. The lowest BCUT2D eigenvalue weighted by Gasteiger charge is -2.37. The molecule has 2 aliphatic rings. The van der Waals surface area contributed by atoms with Crippen LogP contribution in [0.5, 0.6) is 0 Å². The zero-order valence-electron chi connectivity index (χ0n) is 15.9. The molecule has 0 bridgehead atoms. The van der Waals surface area contributed by atoms with Crippen LogP contribution in [0.25, 0.3) is 11.0 Å². The standard InChI is InChI=1S/C21H21N3O4S/c25-19(24-10-6-21(7-11-24)26-12-13-27-21)18-16(14-29-20-22-8-3-9-23-20)15-4-1-2-5-17(15)28-18/h1-5,8-9H,6-7,10-14H2. The molecule has 0 unspecified atom stereocenters. The van der Waals surface area contributed by atoms with Crippen LogP contribution in [0.1, 0.15) is 29.0 Å². The molecule has 1 aromatic carbocycles. The van der Waals surface area contributed by atoms with E-state index in [0.717, 1.165) is 16.5 Å². The summed E-state index contributed by atoms with van der Waals surface area (Å²) in [6.45, 7) is 2.43. The van der Waals surface area contributed by atoms with E-state index >= 15 is 0 Å². The van der Waals surface area contributed by atoms with E-state index in [0.29, 0.717) is 55.8 Å². The van der Waals surface area contributed by atoms with Crippen LogP contribution in [0.15, 0.2) is 52.3 Å². The van der Waals surface area contributed by atoms with E-state index in [1.165, 1.54) is 11.8 Å². The first-order valence-electron chi connectivity index (χ1n) is 9.72. The third kappa shape index (κ3) is 3.63. The summed E-state index contributed by atoms with van der Waals surface area (Å²) in [5, 5.41) is 1.63. The second-order valence-electron chi connectivity index (χ2n) is 7.13. The monoisotopic (exact) mass is 411 g/mol. The molecule has 29 heavy (non-hydrogen) atoms. The van der Waals surface area contributed by atoms with Crippen molar-refractivity contribution in [2.45, 2.75) is 29.5 Å². The molecule has 2 fully saturated rings. The van der Waals surface area contributed by atoms with Crippen LogP contribution in [0.3, 0.4) is 0 Å². The van der Waals surface area contributed by atoms with Crippen molar-refractivity contribution < 1.29 is 18.7 Å². The summed E-state index contributed by atoms with van der Waals surface area (Å²) in [5.41, 5.74) is 1.60. The van der Waals surface area contributed by atoms with Crippen molar-refractivity contribution in [3.05, 3.63) is 54.0 Å². The number of likely N-dealkylation sites (tertiary alicyclic amines) is 1. The Morgan fingerprint density at radius 3 is 2.55 bits per heavy atom. The van der Waals surface area contributed by atoms with Gasteiger partial charge in [-0.15, -0.1) is 0 Å². The number of amides is 1. The number of carbonyl (C=O) groups is 1. The zero-order chi connectivity index (χ0) is 19.7. The smallest absolute Gasteiger partial charge is 0.289 e. The number of ether oxygens (including phenoxy) is 2. The van der Waals surface area contributed by atoms with E-state index in [9.17, 15) is 4.79 Å². The molecule has 150 valence electrons. The van der Waals surface area contributed by atoms with Crippen LogP contribution in [0.4, 0.5) is 0 Å². The first-order chi connectivity index (χ1) is 14.2. The number of rotatable bonds is 4. The highest BCUT2D eigenvalue weighted by Crippen LogP contribution is 2.35. The van der Waals surface area contributed by atoms with Gasteiger partial charge in [0, 0.05) is 55.0 Å². The Labute approximate surface area is 172 Å². The SMILES string of the molecule is O=C(c1oc2ccccc2c1CSc1ncccn1)N1CCC2(CC1)OCCO2. The fourth-order valence-electron chi connectivity index (χ4n) is 3.89. The van der Waals surface area contributed by atoms with Gasteiger partial charge in [-0.3, -0.25) is 4.79 Å². The van der Waals surface area contributed by atoms with Gasteiger partial charge in [0.15, 0.2) is 16.7 Å². The van der Waals surface area contributed by atoms with Crippen LogP contribution in [0, 0.1) is 0 Å². The molecule has 2 saturated heterocycles. The van der Waals surface area contributed by atoms with Gasteiger partial charge in [-0.25, -0.2) is 9.97 Å². The first-order valence-corrected chi connectivity index (χ1v) is 10.7. The highest BCUT2D eigenvalue weighted by atomic mass is 32.2. The normalized spacial score (nSPS) is 18.6. The fourth-order valence-corrected chi connectivity index (χ4v) is 4.72. The molecule has 3 aromatic rings. The second kappa shape index (κ2) is 7.78. The molecule has 0 N–H and O–H groups in total. The molecule has 1 amide bonds. The number of hydrogen-bond acceptors (Lipinski definition) is 7. The summed E-state index contributed by atoms with van der Waals surface area (Å²) < 4.78 is 17.6. The Bertz CT molecular complexity index is 1010. The third-order valence-electron chi connectivity index (χ3n) is 5.41. The number of fused-ring (bicyclic) bond motifs is 1. The second-order valence-corrected chi connectivity index (χ2v) is 8.07. The Morgan fingerprint density at radius 1 is 1.07 bits per heavy atom. The number of thioether (sulfide) groups is 1. The van der Waals surface area contributed by atoms with Gasteiger partial charge < -0.3 is 18.8 Å². The molecule has 0 atom stereocenters. The fraction of sp³-hybridized carbons (Fsp3) is 0.381. The van der Waals surface area contributed by atoms with Crippen LogP contribution in [-0.2, 0) is 15.2 Å². The molecule has 4 heterocycles. The Kier molecular flexibility index (Phi) is 4.99. The molecule has 0 saturated carbocycles. The Morgan fingerprint density at radius 2 is 1.79 bits per heavy atom. The number of carbonyl (C=O) groups excluding carboxylic acids is 1. The van der Waals surface area contributed by atoms with Gasteiger partial charge in [0.25, 0.3) is 5.91 Å². The van der Waals surface area contributed by atoms with E-state index < -0.39 is 5.79 Å². The number of furan rings is 1. The van der Waals surface area contributed by atoms with E-state index in [4.69, 9.17) is 13.9 Å². The number of hydrogen-bond donors (Lipinski definition) is 0. The van der Waals surface area contributed by atoms with Crippen LogP contribution >= 0.6 is 11.8 Å². The van der Waals surface area contributed by atoms with Crippen LogP contribution in [0.2, 0.25) is 0 Å². The molecule has 8 heteroatoms. The van der Waals surface area contributed by atoms with E-state index in [1.807, 2.05) is 29.2 Å². The van der Waals surface area contributed by atoms with Gasteiger partial charge in [0.2, 0.25) is 0 Å². The molecule has 0 radical (unpaired) electrons. The quantitative estimate of drug-likeness (QED) is 0.480. The predicted molar refractivity (Wildman–Crippen MR) is 108 cm³/mol. The lowest BCUT2D eigenvalue weighted by molar-refractivity contribution is -0.181. The topological polar surface area (TPSA) is 77.7 Å². The number of nitrogens with zero attached hydrogens (tertiary/aromatic N) is 3. The van der Waals surface area contributed by atoms with Gasteiger partial charge in [-0.05, 0) is 12.1 Å². The maximum absolute atomic E-state index is 13.3. The number of para-hydroxylation sites is 1. The maximum atomic E-state index is 13.3. The van der Waals surface area contributed by atoms with Crippen LogP contribution in [-0.4, -0.2) is 52.9 Å². The molecule has 2 aromatic heterocycles. The third-order valence-corrected chi connectivity index (χ3v) is 6.31. The minimum Gasteiger partial charge on any atom is -0.451 e. The minimum atomic E-state index is -0.506. The summed E-state index contributed by atoms with van der Waals surface area (Å²) in [6, 6.07) is 9.54. The van der Waals surface area contributed by atoms with Crippen molar-refractivity contribution in [3.8, 4) is 0 Å². The average molecular weight is 411 g/mol. The number of piperidine rings is 1. The van der Waals surface area contributed by atoms with Gasteiger partial charge in [0.05, 0.1) is 13.2 Å². The molecular formula is C21H21N3O4S. The maximum Gasteiger partial charge on any atom is 0.289 e. The molecule has 0 aliphatic carbocycles. The number of benzene rings is 1. The van der Waals surface area contributed by atoms with Gasteiger partial charge in [0.1, 0.15) is 5.58 Å². The van der Waals surface area contributed by atoms with E-state index in [2.05, 4.69) is 9.97 Å². The molecule has 7 nitrogen and oxygen atoms in total. The van der Waals surface area contributed by atoms with Crippen molar-refractivity contribution >= 4 is 28.6 Å². The molecule has 2 aliphatic heterocycles. The summed E-state index contributed by atoms with van der Waals surface area (Å²) in [5.74, 6) is 0.373. The van der Waals surface area contributed by atoms with Gasteiger partial charge in [-0.1, -0.05) is 30.0 Å². The van der Waals surface area contributed by atoms with Crippen molar-refractivity contribution in [1.82, 2.24) is 14.9 Å². The molecule has 5 rings (SSSR count). The average Bonchev–Trinajstić information content (AvgIpc) is 3.38. The number of aromatic nitrogens is 2.